The van der Waals surface area contributed by atoms with E-state index in [4.69, 9.17) is 15.1 Å². The van der Waals surface area contributed by atoms with Crippen LogP contribution in [-0.2, 0) is 14.3 Å². The lowest BCUT2D eigenvalue weighted by Crippen LogP contribution is -2.35. The number of carbonyl (C=O) groups is 2. The van der Waals surface area contributed by atoms with Crippen LogP contribution in [0.25, 0.3) is 0 Å². The minimum Gasteiger partial charge on any atom is -0.478 e. The average molecular weight is 254 g/mol. The average Bonchev–Trinajstić information content (AvgIpc) is 2.36. The van der Waals surface area contributed by atoms with Crippen LogP contribution in [0, 0.1) is 11.3 Å². The molecule has 0 aliphatic rings. The van der Waals surface area contributed by atoms with E-state index in [0.29, 0.717) is 13.2 Å². The molecular weight excluding hydrogens is 236 g/mol. The Morgan fingerprint density at radius 1 is 1.28 bits per heavy atom. The lowest BCUT2D eigenvalue weighted by molar-refractivity contribution is -0.134. The van der Waals surface area contributed by atoms with Crippen LogP contribution in [0.2, 0.25) is 0 Å². The second-order valence-corrected chi connectivity index (χ2v) is 3.75. The van der Waals surface area contributed by atoms with Gasteiger partial charge in [0.2, 0.25) is 5.91 Å². The van der Waals surface area contributed by atoms with Crippen LogP contribution in [0.5, 0.6) is 0 Å². The molecule has 0 atom stereocenters. The summed E-state index contributed by atoms with van der Waals surface area (Å²) in [7, 11) is 1.51. The van der Waals surface area contributed by atoms with Gasteiger partial charge in [-0.25, -0.2) is 4.79 Å². The molecule has 0 unspecified atom stereocenters. The van der Waals surface area contributed by atoms with E-state index in [0.717, 1.165) is 0 Å². The van der Waals surface area contributed by atoms with Crippen molar-refractivity contribution in [2.45, 2.75) is 20.3 Å². The van der Waals surface area contributed by atoms with Crippen LogP contribution < -0.4 is 0 Å². The highest BCUT2D eigenvalue weighted by molar-refractivity contribution is 6.01. The van der Waals surface area contributed by atoms with Crippen molar-refractivity contribution in [3.05, 3.63) is 11.1 Å². The molecule has 100 valence electrons. The van der Waals surface area contributed by atoms with Gasteiger partial charge in [0.15, 0.2) is 0 Å². The van der Waals surface area contributed by atoms with E-state index in [9.17, 15) is 9.59 Å². The normalized spacial score (nSPS) is 11.4. The van der Waals surface area contributed by atoms with E-state index in [1.807, 2.05) is 6.07 Å². The summed E-state index contributed by atoms with van der Waals surface area (Å²) in [5, 5.41) is 17.4. The molecule has 0 rings (SSSR count). The topological polar surface area (TPSA) is 90.6 Å². The summed E-state index contributed by atoms with van der Waals surface area (Å²) in [6, 6.07) is 1.95. The van der Waals surface area contributed by atoms with E-state index in [-0.39, 0.29) is 30.0 Å². The van der Waals surface area contributed by atoms with Crippen molar-refractivity contribution in [3.8, 4) is 6.07 Å². The number of nitriles is 1. The molecule has 0 radical (unpaired) electrons. The third kappa shape index (κ3) is 4.97. The Morgan fingerprint density at radius 2 is 1.89 bits per heavy atom. The maximum atomic E-state index is 12.0. The molecule has 0 saturated heterocycles. The van der Waals surface area contributed by atoms with Crippen molar-refractivity contribution in [1.29, 1.82) is 5.26 Å². The number of carboxylic acids is 1. The fraction of sp³-hybridized carbons (Fsp3) is 0.583. The maximum absolute atomic E-state index is 12.0. The number of hydrogen-bond acceptors (Lipinski definition) is 4. The second-order valence-electron chi connectivity index (χ2n) is 3.75. The third-order valence-electron chi connectivity index (χ3n) is 2.55. The molecule has 1 amide bonds. The highest BCUT2D eigenvalue weighted by Gasteiger charge is 2.18. The van der Waals surface area contributed by atoms with Crippen LogP contribution in [0.3, 0.4) is 0 Å². The van der Waals surface area contributed by atoms with E-state index in [1.54, 1.807) is 0 Å². The van der Waals surface area contributed by atoms with Crippen LogP contribution in [-0.4, -0.2) is 48.7 Å². The zero-order valence-electron chi connectivity index (χ0n) is 10.9. The van der Waals surface area contributed by atoms with Gasteiger partial charge in [-0.3, -0.25) is 4.79 Å². The zero-order chi connectivity index (χ0) is 14.1. The van der Waals surface area contributed by atoms with Crippen LogP contribution >= 0.6 is 0 Å². The molecule has 0 spiro atoms. The summed E-state index contributed by atoms with van der Waals surface area (Å²) < 4.78 is 4.88. The number of carboxylic acid groups (broad SMARTS) is 1. The molecule has 0 fully saturated rings. The van der Waals surface area contributed by atoms with Gasteiger partial charge >= 0.3 is 5.97 Å². The first-order chi connectivity index (χ1) is 8.45. The quantitative estimate of drug-likeness (QED) is 0.678. The van der Waals surface area contributed by atoms with Gasteiger partial charge in [0.25, 0.3) is 0 Å². The summed E-state index contributed by atoms with van der Waals surface area (Å²) in [6.45, 7) is 3.80. The minimum atomic E-state index is -1.12. The molecule has 0 aliphatic carbocycles. The molecule has 0 aromatic carbocycles. The molecule has 0 bridgehead atoms. The SMILES string of the molecule is COCCN(CCC#N)C(=O)C(C)=C(C)C(=O)O. The van der Waals surface area contributed by atoms with Gasteiger partial charge in [-0.05, 0) is 13.8 Å². The molecule has 0 heterocycles. The Balaban J connectivity index is 4.89. The van der Waals surface area contributed by atoms with E-state index in [1.165, 1.54) is 25.9 Å². The van der Waals surface area contributed by atoms with Crippen molar-refractivity contribution in [1.82, 2.24) is 4.90 Å². The Bertz CT molecular complexity index is 382. The Morgan fingerprint density at radius 3 is 2.33 bits per heavy atom. The highest BCUT2D eigenvalue weighted by Crippen LogP contribution is 2.08. The predicted octanol–water partition coefficient (Wildman–Crippen LogP) is 0.796. The standard InChI is InChI=1S/C12H18N2O4/c1-9(10(2)12(16)17)11(15)14(6-4-5-13)7-8-18-3/h4,6-8H2,1-3H3,(H,16,17). The number of methoxy groups -OCH3 is 1. The number of amides is 1. The highest BCUT2D eigenvalue weighted by atomic mass is 16.5. The van der Waals surface area contributed by atoms with Gasteiger partial charge in [-0.2, -0.15) is 5.26 Å². The van der Waals surface area contributed by atoms with Crippen LogP contribution in [0.15, 0.2) is 11.1 Å². The van der Waals surface area contributed by atoms with Gasteiger partial charge in [0.1, 0.15) is 0 Å². The summed E-state index contributed by atoms with van der Waals surface area (Å²) in [4.78, 5) is 24.3. The van der Waals surface area contributed by atoms with Gasteiger partial charge in [-0.1, -0.05) is 0 Å². The van der Waals surface area contributed by atoms with Crippen molar-refractivity contribution >= 4 is 11.9 Å². The number of aliphatic carboxylic acids is 1. The number of carbonyl (C=O) groups excluding carboxylic acids is 1. The molecule has 0 aromatic rings. The monoisotopic (exact) mass is 254 g/mol. The number of hydrogen-bond donors (Lipinski definition) is 1. The van der Waals surface area contributed by atoms with Crippen molar-refractivity contribution in [2.24, 2.45) is 0 Å². The molecule has 1 N–H and O–H groups in total. The molecule has 6 heteroatoms. The molecule has 0 aromatic heterocycles. The smallest absolute Gasteiger partial charge is 0.331 e. The first kappa shape index (κ1) is 16.1. The zero-order valence-corrected chi connectivity index (χ0v) is 10.9. The lowest BCUT2D eigenvalue weighted by atomic mass is 10.1. The summed E-state index contributed by atoms with van der Waals surface area (Å²) in [5.41, 5.74) is 0.191. The number of nitrogens with zero attached hydrogens (tertiary/aromatic N) is 2. The number of rotatable bonds is 7. The summed E-state index contributed by atoms with van der Waals surface area (Å²) in [5.74, 6) is -1.49. The Hall–Kier alpha value is -1.87. The maximum Gasteiger partial charge on any atom is 0.331 e. The van der Waals surface area contributed by atoms with Gasteiger partial charge in [0, 0.05) is 31.3 Å². The first-order valence-electron chi connectivity index (χ1n) is 5.51. The molecule has 0 aliphatic heterocycles. The van der Waals surface area contributed by atoms with Gasteiger partial charge in [0.05, 0.1) is 19.1 Å². The minimum absolute atomic E-state index is 0.0133. The van der Waals surface area contributed by atoms with Crippen molar-refractivity contribution < 1.29 is 19.4 Å². The van der Waals surface area contributed by atoms with Crippen LogP contribution in [0.1, 0.15) is 20.3 Å². The van der Waals surface area contributed by atoms with Gasteiger partial charge < -0.3 is 14.7 Å². The fourth-order valence-electron chi connectivity index (χ4n) is 1.26. The first-order valence-corrected chi connectivity index (χ1v) is 5.51. The summed E-state index contributed by atoms with van der Waals surface area (Å²) >= 11 is 0. The Kier molecular flexibility index (Phi) is 7.40. The molecule has 6 nitrogen and oxygen atoms in total. The van der Waals surface area contributed by atoms with Gasteiger partial charge in [-0.15, -0.1) is 0 Å². The second kappa shape index (κ2) is 8.25. The number of ether oxygens (including phenoxy) is 1. The van der Waals surface area contributed by atoms with E-state index < -0.39 is 5.97 Å². The van der Waals surface area contributed by atoms with Crippen LogP contribution in [0.4, 0.5) is 0 Å². The molecule has 18 heavy (non-hydrogen) atoms. The lowest BCUT2D eigenvalue weighted by Gasteiger charge is -2.22. The van der Waals surface area contributed by atoms with Crippen molar-refractivity contribution in [2.75, 3.05) is 26.8 Å². The predicted molar refractivity (Wildman–Crippen MR) is 64.7 cm³/mol. The molecule has 0 saturated carbocycles. The fourth-order valence-corrected chi connectivity index (χ4v) is 1.26. The van der Waals surface area contributed by atoms with E-state index in [2.05, 4.69) is 0 Å². The van der Waals surface area contributed by atoms with Crippen molar-refractivity contribution in [3.63, 3.8) is 0 Å². The molecular formula is C12H18N2O4. The summed E-state index contributed by atoms with van der Waals surface area (Å²) in [6.07, 6.45) is 0.203. The van der Waals surface area contributed by atoms with E-state index >= 15 is 0 Å². The third-order valence-corrected chi connectivity index (χ3v) is 2.55. The largest absolute Gasteiger partial charge is 0.478 e. The Labute approximate surface area is 106 Å².